The van der Waals surface area contributed by atoms with Crippen LogP contribution in [0.25, 0.3) is 6.08 Å². The zero-order chi connectivity index (χ0) is 15.7. The highest BCUT2D eigenvalue weighted by Gasteiger charge is 2.04. The summed E-state index contributed by atoms with van der Waals surface area (Å²) in [5, 5.41) is 11.4. The third-order valence-corrected chi connectivity index (χ3v) is 2.92. The summed E-state index contributed by atoms with van der Waals surface area (Å²) in [7, 11) is 0. The van der Waals surface area contributed by atoms with Crippen molar-refractivity contribution in [3.63, 3.8) is 0 Å². The number of carbonyl (C=O) groups excluding carboxylic acids is 2. The Hall–Kier alpha value is -2.32. The molecule has 5 nitrogen and oxygen atoms in total. The predicted molar refractivity (Wildman–Crippen MR) is 79.4 cm³/mol. The summed E-state index contributed by atoms with van der Waals surface area (Å²) in [6.45, 7) is 1.75. The Morgan fingerprint density at radius 3 is 2.90 bits per heavy atom. The molecule has 6 heteroatoms. The molecule has 0 aromatic heterocycles. The van der Waals surface area contributed by atoms with Gasteiger partial charge in [-0.25, -0.2) is 4.79 Å². The third kappa shape index (κ3) is 6.59. The van der Waals surface area contributed by atoms with Gasteiger partial charge in [0, 0.05) is 17.6 Å². The maximum atomic E-state index is 11.4. The number of rotatable bonds is 6. The van der Waals surface area contributed by atoms with Gasteiger partial charge in [-0.1, -0.05) is 23.7 Å². The lowest BCUT2D eigenvalue weighted by molar-refractivity contribution is -0.143. The van der Waals surface area contributed by atoms with Crippen LogP contribution in [0.3, 0.4) is 0 Å². The lowest BCUT2D eigenvalue weighted by Gasteiger charge is -2.03. The van der Waals surface area contributed by atoms with E-state index in [0.717, 1.165) is 11.1 Å². The number of hydrogen-bond donors (Lipinski definition) is 1. The lowest BCUT2D eigenvalue weighted by Crippen LogP contribution is -2.29. The second kappa shape index (κ2) is 8.77. The summed E-state index contributed by atoms with van der Waals surface area (Å²) in [5.74, 6) is -1.06. The van der Waals surface area contributed by atoms with Gasteiger partial charge in [0.1, 0.15) is 0 Å². The molecule has 0 atom stereocenters. The zero-order valence-corrected chi connectivity index (χ0v) is 12.3. The largest absolute Gasteiger partial charge is 0.452 e. The van der Waals surface area contributed by atoms with E-state index in [0.29, 0.717) is 5.02 Å². The highest BCUT2D eigenvalue weighted by atomic mass is 35.5. The van der Waals surface area contributed by atoms with E-state index in [1.807, 2.05) is 25.1 Å². The quantitative estimate of drug-likeness (QED) is 0.496. The first-order chi connectivity index (χ1) is 10.0. The molecule has 0 saturated carbocycles. The van der Waals surface area contributed by atoms with Crippen molar-refractivity contribution in [3.05, 3.63) is 40.4 Å². The van der Waals surface area contributed by atoms with Crippen LogP contribution in [0.5, 0.6) is 0 Å². The highest BCUT2D eigenvalue weighted by molar-refractivity contribution is 6.31. The lowest BCUT2D eigenvalue weighted by atomic mass is 10.1. The fourth-order valence-electron chi connectivity index (χ4n) is 1.37. The SMILES string of the molecule is Cc1ccc(/C=C/C(=O)OCC(=O)NCCC#N)cc1Cl. The van der Waals surface area contributed by atoms with Crippen molar-refractivity contribution in [2.45, 2.75) is 13.3 Å². The molecule has 0 aliphatic rings. The molecule has 1 amide bonds. The van der Waals surface area contributed by atoms with Crippen molar-refractivity contribution in [1.29, 1.82) is 5.26 Å². The molecule has 0 saturated heterocycles. The molecule has 1 aromatic carbocycles. The number of nitrogens with zero attached hydrogens (tertiary/aromatic N) is 1. The molecule has 110 valence electrons. The van der Waals surface area contributed by atoms with Gasteiger partial charge >= 0.3 is 5.97 Å². The van der Waals surface area contributed by atoms with Crippen LogP contribution in [0.15, 0.2) is 24.3 Å². The molecular weight excluding hydrogens is 292 g/mol. The van der Waals surface area contributed by atoms with E-state index in [4.69, 9.17) is 21.6 Å². The Morgan fingerprint density at radius 2 is 2.24 bits per heavy atom. The van der Waals surface area contributed by atoms with E-state index >= 15 is 0 Å². The number of esters is 1. The summed E-state index contributed by atoms with van der Waals surface area (Å²) in [6.07, 6.45) is 3.00. The molecule has 1 aromatic rings. The van der Waals surface area contributed by atoms with Gasteiger partial charge in [0.2, 0.25) is 0 Å². The Bertz CT molecular complexity index is 591. The van der Waals surface area contributed by atoms with Crippen molar-refractivity contribution in [3.8, 4) is 6.07 Å². The molecule has 21 heavy (non-hydrogen) atoms. The first-order valence-corrected chi connectivity index (χ1v) is 6.65. The molecular formula is C15H15ClN2O3. The van der Waals surface area contributed by atoms with E-state index in [-0.39, 0.29) is 19.6 Å². The average molecular weight is 307 g/mol. The van der Waals surface area contributed by atoms with Gasteiger partial charge in [0.25, 0.3) is 5.91 Å². The normalized spacial score (nSPS) is 10.1. The number of nitrogens with one attached hydrogen (secondary N) is 1. The van der Waals surface area contributed by atoms with Crippen LogP contribution in [0.4, 0.5) is 0 Å². The fraction of sp³-hybridized carbons (Fsp3) is 0.267. The molecule has 0 spiro atoms. The minimum Gasteiger partial charge on any atom is -0.452 e. The molecule has 0 unspecified atom stereocenters. The summed E-state index contributed by atoms with van der Waals surface area (Å²) >= 11 is 5.97. The van der Waals surface area contributed by atoms with Crippen LogP contribution >= 0.6 is 11.6 Å². The van der Waals surface area contributed by atoms with Gasteiger partial charge < -0.3 is 10.1 Å². The highest BCUT2D eigenvalue weighted by Crippen LogP contribution is 2.17. The topological polar surface area (TPSA) is 79.2 Å². The van der Waals surface area contributed by atoms with Crippen LogP contribution in [0.2, 0.25) is 5.02 Å². The van der Waals surface area contributed by atoms with Crippen LogP contribution in [-0.2, 0) is 14.3 Å². The fourth-order valence-corrected chi connectivity index (χ4v) is 1.56. The van der Waals surface area contributed by atoms with Crippen molar-refractivity contribution in [1.82, 2.24) is 5.32 Å². The molecule has 0 radical (unpaired) electrons. The average Bonchev–Trinajstić information content (AvgIpc) is 2.46. The number of ether oxygens (including phenoxy) is 1. The molecule has 0 aliphatic heterocycles. The van der Waals surface area contributed by atoms with Gasteiger partial charge in [0.05, 0.1) is 12.5 Å². The van der Waals surface area contributed by atoms with Gasteiger partial charge in [-0.2, -0.15) is 5.26 Å². The van der Waals surface area contributed by atoms with E-state index < -0.39 is 11.9 Å². The number of nitriles is 1. The summed E-state index contributed by atoms with van der Waals surface area (Å²) < 4.78 is 4.76. The first kappa shape index (κ1) is 16.7. The summed E-state index contributed by atoms with van der Waals surface area (Å²) in [5.41, 5.74) is 1.71. The van der Waals surface area contributed by atoms with Crippen molar-refractivity contribution in [2.75, 3.05) is 13.2 Å². The second-order valence-corrected chi connectivity index (χ2v) is 4.61. The van der Waals surface area contributed by atoms with E-state index in [2.05, 4.69) is 5.32 Å². The van der Waals surface area contributed by atoms with Gasteiger partial charge in [-0.3, -0.25) is 4.79 Å². The van der Waals surface area contributed by atoms with Crippen molar-refractivity contribution < 1.29 is 14.3 Å². The van der Waals surface area contributed by atoms with Crippen LogP contribution in [0, 0.1) is 18.3 Å². The number of halogens is 1. The second-order valence-electron chi connectivity index (χ2n) is 4.21. The standard InChI is InChI=1S/C15H15ClN2O3/c1-11-3-4-12(9-13(11)16)5-6-15(20)21-10-14(19)18-8-2-7-17/h3-6,9H,2,8,10H2,1H3,(H,18,19)/b6-5+. The third-order valence-electron chi connectivity index (χ3n) is 2.51. The zero-order valence-electron chi connectivity index (χ0n) is 11.6. The van der Waals surface area contributed by atoms with Crippen LogP contribution < -0.4 is 5.32 Å². The Balaban J connectivity index is 2.39. The molecule has 0 bridgehead atoms. The van der Waals surface area contributed by atoms with E-state index in [1.54, 1.807) is 12.1 Å². The minimum absolute atomic E-state index is 0.216. The molecule has 0 fully saturated rings. The number of carbonyl (C=O) groups is 2. The van der Waals surface area contributed by atoms with Gasteiger partial charge in [0.15, 0.2) is 6.61 Å². The monoisotopic (exact) mass is 306 g/mol. The first-order valence-electron chi connectivity index (χ1n) is 6.27. The van der Waals surface area contributed by atoms with E-state index in [1.165, 1.54) is 6.08 Å². The smallest absolute Gasteiger partial charge is 0.331 e. The van der Waals surface area contributed by atoms with Crippen molar-refractivity contribution >= 4 is 29.6 Å². The molecule has 0 heterocycles. The number of benzene rings is 1. The van der Waals surface area contributed by atoms with Gasteiger partial charge in [-0.05, 0) is 30.2 Å². The summed E-state index contributed by atoms with van der Waals surface area (Å²) in [4.78, 5) is 22.7. The number of amides is 1. The molecule has 1 rings (SSSR count). The number of hydrogen-bond acceptors (Lipinski definition) is 4. The van der Waals surface area contributed by atoms with E-state index in [9.17, 15) is 9.59 Å². The summed E-state index contributed by atoms with van der Waals surface area (Å²) in [6, 6.07) is 7.28. The Kier molecular flexibility index (Phi) is 6.99. The van der Waals surface area contributed by atoms with Crippen LogP contribution in [-0.4, -0.2) is 25.0 Å². The van der Waals surface area contributed by atoms with Crippen molar-refractivity contribution in [2.24, 2.45) is 0 Å². The maximum absolute atomic E-state index is 11.4. The predicted octanol–water partition coefficient (Wildman–Crippen LogP) is 2.23. The number of aryl methyl sites for hydroxylation is 1. The van der Waals surface area contributed by atoms with Gasteiger partial charge in [-0.15, -0.1) is 0 Å². The Labute approximate surface area is 128 Å². The van der Waals surface area contributed by atoms with Crippen LogP contribution in [0.1, 0.15) is 17.5 Å². The molecule has 1 N–H and O–H groups in total. The minimum atomic E-state index is -0.623. The Morgan fingerprint density at radius 1 is 1.48 bits per heavy atom. The molecule has 0 aliphatic carbocycles. The maximum Gasteiger partial charge on any atom is 0.331 e.